The first-order valence-corrected chi connectivity index (χ1v) is 8.85. The number of aryl methyl sites for hydroxylation is 2. The summed E-state index contributed by atoms with van der Waals surface area (Å²) in [6.07, 6.45) is 0. The Morgan fingerprint density at radius 2 is 1.75 bits per heavy atom. The second-order valence-electron chi connectivity index (χ2n) is 6.55. The molecule has 3 rings (SSSR count). The molecule has 28 heavy (non-hydrogen) atoms. The van der Waals surface area contributed by atoms with E-state index in [1.54, 1.807) is 24.3 Å². The van der Waals surface area contributed by atoms with E-state index in [2.05, 4.69) is 5.32 Å². The maximum absolute atomic E-state index is 13.0. The van der Waals surface area contributed by atoms with E-state index in [0.717, 1.165) is 16.0 Å². The zero-order valence-electron chi connectivity index (χ0n) is 15.7. The van der Waals surface area contributed by atoms with E-state index in [1.165, 1.54) is 6.07 Å². The van der Waals surface area contributed by atoms with E-state index >= 15 is 0 Å². The van der Waals surface area contributed by atoms with Crippen LogP contribution in [-0.2, 0) is 9.53 Å². The third kappa shape index (κ3) is 3.93. The van der Waals surface area contributed by atoms with E-state index in [4.69, 9.17) is 4.74 Å². The Hall–Kier alpha value is -3.48. The lowest BCUT2D eigenvalue weighted by atomic mass is 9.94. The van der Waals surface area contributed by atoms with Crippen LogP contribution in [-0.4, -0.2) is 48.3 Å². The lowest BCUT2D eigenvalue weighted by Crippen LogP contribution is -2.37. The Kier molecular flexibility index (Phi) is 5.54. The number of carbonyl (C=O) groups is 4. The molecule has 1 aliphatic rings. The van der Waals surface area contributed by atoms with E-state index < -0.39 is 24.5 Å². The normalized spacial score (nSPS) is 13.2. The highest BCUT2D eigenvalue weighted by Gasteiger charge is 2.27. The molecule has 1 aliphatic heterocycles. The molecule has 7 heteroatoms. The smallest absolute Gasteiger partial charge is 0.339 e. The van der Waals surface area contributed by atoms with Crippen LogP contribution in [0.2, 0.25) is 0 Å². The van der Waals surface area contributed by atoms with Gasteiger partial charge in [0.1, 0.15) is 0 Å². The summed E-state index contributed by atoms with van der Waals surface area (Å²) in [6, 6.07) is 11.3. The fourth-order valence-corrected chi connectivity index (χ4v) is 2.98. The fraction of sp³-hybridized carbons (Fsp3) is 0.238. The van der Waals surface area contributed by atoms with E-state index in [0.29, 0.717) is 12.1 Å². The standard InChI is InChI=1S/C21H20N2O5/c1-13-7-8-14(2)17(11-13)19(25)15-5-3-4-6-16(15)20(26)28-12-18(24)23-10-9-22-21(23)27/h3-8,11H,9-10,12H2,1-2H3,(H,22,27). The van der Waals surface area contributed by atoms with Gasteiger partial charge in [0.05, 0.1) is 5.56 Å². The number of carbonyl (C=O) groups excluding carboxylic acids is 4. The van der Waals surface area contributed by atoms with Crippen molar-refractivity contribution in [1.82, 2.24) is 10.2 Å². The first-order chi connectivity index (χ1) is 13.4. The summed E-state index contributed by atoms with van der Waals surface area (Å²) in [4.78, 5) is 50.0. The number of nitrogens with one attached hydrogen (secondary N) is 1. The molecule has 7 nitrogen and oxygen atoms in total. The maximum Gasteiger partial charge on any atom is 0.339 e. The lowest BCUT2D eigenvalue weighted by molar-refractivity contribution is -0.130. The molecule has 2 aromatic carbocycles. The minimum atomic E-state index is -0.790. The molecule has 1 N–H and O–H groups in total. The number of amides is 3. The molecule has 0 radical (unpaired) electrons. The number of ether oxygens (including phenoxy) is 1. The van der Waals surface area contributed by atoms with Gasteiger partial charge in [-0.3, -0.25) is 14.5 Å². The molecule has 3 amide bonds. The number of urea groups is 1. The lowest BCUT2D eigenvalue weighted by Gasteiger charge is -2.13. The molecule has 0 aromatic heterocycles. The SMILES string of the molecule is Cc1ccc(C)c(C(=O)c2ccccc2C(=O)OCC(=O)N2CCNC2=O)c1. The molecule has 0 spiro atoms. The highest BCUT2D eigenvalue weighted by molar-refractivity contribution is 6.15. The summed E-state index contributed by atoms with van der Waals surface area (Å²) in [5.41, 5.74) is 2.52. The monoisotopic (exact) mass is 380 g/mol. The van der Waals surface area contributed by atoms with Crippen molar-refractivity contribution in [2.75, 3.05) is 19.7 Å². The maximum atomic E-state index is 13.0. The highest BCUT2D eigenvalue weighted by atomic mass is 16.5. The van der Waals surface area contributed by atoms with Crippen molar-refractivity contribution in [3.63, 3.8) is 0 Å². The van der Waals surface area contributed by atoms with Crippen LogP contribution in [0.15, 0.2) is 42.5 Å². The molecule has 0 aliphatic carbocycles. The second-order valence-corrected chi connectivity index (χ2v) is 6.55. The van der Waals surface area contributed by atoms with Gasteiger partial charge in [-0.05, 0) is 31.5 Å². The van der Waals surface area contributed by atoms with Gasteiger partial charge in [-0.15, -0.1) is 0 Å². The molecule has 0 unspecified atom stereocenters. The van der Waals surface area contributed by atoms with Crippen LogP contribution in [0.25, 0.3) is 0 Å². The van der Waals surface area contributed by atoms with Crippen LogP contribution in [0.4, 0.5) is 4.79 Å². The number of esters is 1. The summed E-state index contributed by atoms with van der Waals surface area (Å²) in [6.45, 7) is 3.74. The van der Waals surface area contributed by atoms with Crippen molar-refractivity contribution in [3.05, 3.63) is 70.3 Å². The van der Waals surface area contributed by atoms with Crippen LogP contribution in [0.3, 0.4) is 0 Å². The Balaban J connectivity index is 1.78. The van der Waals surface area contributed by atoms with E-state index in [9.17, 15) is 19.2 Å². The highest BCUT2D eigenvalue weighted by Crippen LogP contribution is 2.19. The molecule has 1 fully saturated rings. The van der Waals surface area contributed by atoms with Crippen molar-refractivity contribution in [2.45, 2.75) is 13.8 Å². The minimum Gasteiger partial charge on any atom is -0.452 e. The number of hydrogen-bond acceptors (Lipinski definition) is 5. The predicted octanol–water partition coefficient (Wildman–Crippen LogP) is 2.24. The summed E-state index contributed by atoms with van der Waals surface area (Å²) in [5, 5.41) is 2.50. The molecule has 1 saturated heterocycles. The topological polar surface area (TPSA) is 92.8 Å². The quantitative estimate of drug-likeness (QED) is 0.634. The summed E-state index contributed by atoms with van der Waals surface area (Å²) < 4.78 is 5.07. The van der Waals surface area contributed by atoms with Crippen LogP contribution >= 0.6 is 0 Å². The first-order valence-electron chi connectivity index (χ1n) is 8.85. The molecular formula is C21H20N2O5. The molecule has 1 heterocycles. The summed E-state index contributed by atoms with van der Waals surface area (Å²) in [5.74, 6) is -1.69. The predicted molar refractivity (Wildman–Crippen MR) is 101 cm³/mol. The fourth-order valence-electron chi connectivity index (χ4n) is 2.98. The van der Waals surface area contributed by atoms with Crippen molar-refractivity contribution < 1.29 is 23.9 Å². The minimum absolute atomic E-state index is 0.0760. The van der Waals surface area contributed by atoms with Crippen molar-refractivity contribution in [2.24, 2.45) is 0 Å². The van der Waals surface area contributed by atoms with Gasteiger partial charge in [0, 0.05) is 24.2 Å². The van der Waals surface area contributed by atoms with Crippen molar-refractivity contribution in [1.29, 1.82) is 0 Å². The van der Waals surface area contributed by atoms with E-state index in [-0.39, 0.29) is 23.5 Å². The largest absolute Gasteiger partial charge is 0.452 e. The molecular weight excluding hydrogens is 360 g/mol. The molecule has 0 atom stereocenters. The zero-order valence-corrected chi connectivity index (χ0v) is 15.7. The van der Waals surface area contributed by atoms with Crippen LogP contribution < -0.4 is 5.32 Å². The van der Waals surface area contributed by atoms with Gasteiger partial charge in [0.2, 0.25) is 0 Å². The van der Waals surface area contributed by atoms with Gasteiger partial charge in [-0.2, -0.15) is 0 Å². The molecule has 0 saturated carbocycles. The third-order valence-electron chi connectivity index (χ3n) is 4.51. The van der Waals surface area contributed by atoms with Crippen LogP contribution in [0.1, 0.15) is 37.4 Å². The number of rotatable bonds is 5. The van der Waals surface area contributed by atoms with Gasteiger partial charge in [0.25, 0.3) is 5.91 Å². The zero-order chi connectivity index (χ0) is 20.3. The number of hydrogen-bond donors (Lipinski definition) is 1. The number of ketones is 1. The van der Waals surface area contributed by atoms with Crippen molar-refractivity contribution in [3.8, 4) is 0 Å². The van der Waals surface area contributed by atoms with Gasteiger partial charge in [-0.1, -0.05) is 35.9 Å². The Morgan fingerprint density at radius 1 is 1.04 bits per heavy atom. The summed E-state index contributed by atoms with van der Waals surface area (Å²) >= 11 is 0. The first kappa shape index (κ1) is 19.3. The van der Waals surface area contributed by atoms with Crippen LogP contribution in [0.5, 0.6) is 0 Å². The van der Waals surface area contributed by atoms with Crippen LogP contribution in [0, 0.1) is 13.8 Å². The van der Waals surface area contributed by atoms with Gasteiger partial charge in [0.15, 0.2) is 12.4 Å². The average molecular weight is 380 g/mol. The number of nitrogens with zero attached hydrogens (tertiary/aromatic N) is 1. The second kappa shape index (κ2) is 8.04. The Morgan fingerprint density at radius 3 is 2.43 bits per heavy atom. The molecule has 144 valence electrons. The summed E-state index contributed by atoms with van der Waals surface area (Å²) in [7, 11) is 0. The Labute approximate surface area is 162 Å². The average Bonchev–Trinajstić information content (AvgIpc) is 3.13. The van der Waals surface area contributed by atoms with Gasteiger partial charge >= 0.3 is 12.0 Å². The van der Waals surface area contributed by atoms with Gasteiger partial charge in [-0.25, -0.2) is 9.59 Å². The van der Waals surface area contributed by atoms with Crippen molar-refractivity contribution >= 4 is 23.7 Å². The number of imide groups is 1. The van der Waals surface area contributed by atoms with E-state index in [1.807, 2.05) is 26.0 Å². The molecule has 0 bridgehead atoms. The third-order valence-corrected chi connectivity index (χ3v) is 4.51. The Bertz CT molecular complexity index is 967. The molecule has 2 aromatic rings. The van der Waals surface area contributed by atoms with Gasteiger partial charge < -0.3 is 10.1 Å². The number of benzene rings is 2.